The van der Waals surface area contributed by atoms with Crippen molar-refractivity contribution in [3.63, 3.8) is 0 Å². The summed E-state index contributed by atoms with van der Waals surface area (Å²) in [6, 6.07) is 16.7. The lowest BCUT2D eigenvalue weighted by atomic mass is 10.1. The van der Waals surface area contributed by atoms with Gasteiger partial charge in [-0.15, -0.1) is 0 Å². The molecule has 2 atom stereocenters. The third kappa shape index (κ3) is 7.62. The second-order valence-corrected chi connectivity index (χ2v) is 10.8. The molecule has 2 aromatic carbocycles. The number of benzene rings is 2. The van der Waals surface area contributed by atoms with E-state index in [4.69, 9.17) is 4.74 Å². The fourth-order valence-corrected chi connectivity index (χ4v) is 6.05. The number of nitrogens with zero attached hydrogens (tertiary/aromatic N) is 2. The van der Waals surface area contributed by atoms with Crippen LogP contribution in [0.25, 0.3) is 10.8 Å². The highest BCUT2D eigenvalue weighted by atomic mass is 32.2. The zero-order valence-electron chi connectivity index (χ0n) is 21.1. The molecular weight excluding hydrogens is 474 g/mol. The Morgan fingerprint density at radius 2 is 1.53 bits per heavy atom. The highest BCUT2D eigenvalue weighted by molar-refractivity contribution is 7.72. The molecule has 3 aliphatic rings. The van der Waals surface area contributed by atoms with E-state index in [0.29, 0.717) is 0 Å². The Morgan fingerprint density at radius 3 is 2.11 bits per heavy atom. The van der Waals surface area contributed by atoms with Gasteiger partial charge in [0.15, 0.2) is 5.05 Å². The number of likely N-dealkylation sites (tertiary alicyclic amines) is 2. The first-order chi connectivity index (χ1) is 17.6. The number of amides is 1. The second kappa shape index (κ2) is 13.9. The van der Waals surface area contributed by atoms with Gasteiger partial charge in [0, 0.05) is 19.1 Å². The van der Waals surface area contributed by atoms with E-state index in [-0.39, 0.29) is 29.6 Å². The summed E-state index contributed by atoms with van der Waals surface area (Å²) in [4.78, 5) is 17.0. The largest absolute Gasteiger partial charge is 0.336 e. The molecule has 3 heterocycles. The summed E-state index contributed by atoms with van der Waals surface area (Å²) < 4.78 is 28.5. The van der Waals surface area contributed by atoms with E-state index in [0.717, 1.165) is 64.8 Å². The van der Waals surface area contributed by atoms with Gasteiger partial charge in [0.25, 0.3) is 0 Å². The number of carbonyl (C=O) groups is 1. The van der Waals surface area contributed by atoms with Gasteiger partial charge >= 0.3 is 0 Å². The van der Waals surface area contributed by atoms with E-state index in [2.05, 4.69) is 58.7 Å². The number of carbonyl (C=O) groups excluding carboxylic acids is 1. The van der Waals surface area contributed by atoms with Crippen LogP contribution in [-0.2, 0) is 19.8 Å². The quantitative estimate of drug-likeness (QED) is 0.617. The molecule has 2 unspecified atom stereocenters. The molecule has 36 heavy (non-hydrogen) atoms. The maximum Gasteiger partial charge on any atom is 0.249 e. The monoisotopic (exact) mass is 513 g/mol. The van der Waals surface area contributed by atoms with Gasteiger partial charge in [0.1, 0.15) is 6.61 Å². The van der Waals surface area contributed by atoms with Gasteiger partial charge in [-0.3, -0.25) is 4.79 Å². The van der Waals surface area contributed by atoms with Crippen LogP contribution in [0.5, 0.6) is 0 Å². The molecule has 0 bridgehead atoms. The zero-order chi connectivity index (χ0) is 25.2. The van der Waals surface area contributed by atoms with Gasteiger partial charge in [-0.2, -0.15) is 8.42 Å². The number of hydrogen-bond acceptors (Lipinski definition) is 6. The van der Waals surface area contributed by atoms with Crippen molar-refractivity contribution in [3.8, 4) is 0 Å². The van der Waals surface area contributed by atoms with Gasteiger partial charge in [0.05, 0.1) is 6.04 Å². The number of nitrogens with one attached hydrogen (secondary N) is 1. The van der Waals surface area contributed by atoms with E-state index < -0.39 is 10.3 Å². The maximum absolute atomic E-state index is 12.7. The van der Waals surface area contributed by atoms with Gasteiger partial charge in [0.2, 0.25) is 16.2 Å². The lowest BCUT2D eigenvalue weighted by molar-refractivity contribution is -0.134. The Hall–Kier alpha value is -2.26. The van der Waals surface area contributed by atoms with Crippen LogP contribution in [0.3, 0.4) is 0 Å². The zero-order valence-corrected chi connectivity index (χ0v) is 21.9. The average molecular weight is 514 g/mol. The van der Waals surface area contributed by atoms with Crippen molar-refractivity contribution in [1.82, 2.24) is 15.1 Å². The highest BCUT2D eigenvalue weighted by Crippen LogP contribution is 2.21. The Labute approximate surface area is 216 Å². The van der Waals surface area contributed by atoms with Crippen molar-refractivity contribution in [2.75, 3.05) is 39.3 Å². The predicted octanol–water partition coefficient (Wildman–Crippen LogP) is 3.47. The van der Waals surface area contributed by atoms with Crippen molar-refractivity contribution in [2.45, 2.75) is 63.5 Å². The minimum atomic E-state index is -2.43. The molecule has 0 aromatic heterocycles. The summed E-state index contributed by atoms with van der Waals surface area (Å²) in [5, 5.41) is 5.78. The lowest BCUT2D eigenvalue weighted by Crippen LogP contribution is -2.47. The van der Waals surface area contributed by atoms with Crippen LogP contribution in [0, 0.1) is 0 Å². The standard InChI is InChI=1S/C18H31N3O4S.C10H8/c22-17(14-25-18(26(23)24)16-8-2-3-9-19-16)21-12-6-7-15(21)13-20-10-4-1-5-11-20;1-2-6-10-8-4-3-7-9(10)5-1/h15-16,19H,1-14H2;1-8H. The Kier molecular flexibility index (Phi) is 10.3. The molecule has 2 aromatic rings. The summed E-state index contributed by atoms with van der Waals surface area (Å²) in [6.45, 7) is 4.52. The minimum absolute atomic E-state index is 0.00942. The molecule has 3 fully saturated rings. The minimum Gasteiger partial charge on any atom is -0.336 e. The summed E-state index contributed by atoms with van der Waals surface area (Å²) in [7, 11) is -2.43. The molecular formula is C28H39N3O4S. The third-order valence-electron chi connectivity index (χ3n) is 7.37. The predicted molar refractivity (Wildman–Crippen MR) is 144 cm³/mol. The first-order valence-corrected chi connectivity index (χ1v) is 14.5. The first-order valence-electron chi connectivity index (χ1n) is 13.4. The fraction of sp³-hybridized carbons (Fsp3) is 0.571. The molecule has 0 aliphatic carbocycles. The van der Waals surface area contributed by atoms with E-state index in [1.165, 1.54) is 30.0 Å². The summed E-state index contributed by atoms with van der Waals surface area (Å²) in [6.07, 6.45) is 8.57. The van der Waals surface area contributed by atoms with E-state index >= 15 is 0 Å². The van der Waals surface area contributed by atoms with Crippen LogP contribution in [-0.4, -0.2) is 80.6 Å². The average Bonchev–Trinajstić information content (AvgIpc) is 3.38. The molecule has 8 heteroatoms. The van der Waals surface area contributed by atoms with E-state index in [1.54, 1.807) is 0 Å². The van der Waals surface area contributed by atoms with Gasteiger partial charge < -0.3 is 19.9 Å². The molecule has 0 radical (unpaired) electrons. The van der Waals surface area contributed by atoms with Crippen LogP contribution in [0.15, 0.2) is 48.5 Å². The Morgan fingerprint density at radius 1 is 0.861 bits per heavy atom. The summed E-state index contributed by atoms with van der Waals surface area (Å²) >= 11 is 0. The van der Waals surface area contributed by atoms with Gasteiger partial charge in [-0.05, 0) is 68.9 Å². The van der Waals surface area contributed by atoms with Gasteiger partial charge in [-0.25, -0.2) is 0 Å². The molecule has 196 valence electrons. The van der Waals surface area contributed by atoms with Crippen molar-refractivity contribution in [2.24, 2.45) is 0 Å². The van der Waals surface area contributed by atoms with Crippen LogP contribution in [0.1, 0.15) is 51.4 Å². The topological polar surface area (TPSA) is 78.9 Å². The SMILES string of the molecule is O=C(COC(C1CCCCN1)=S(=O)=O)N1CCCC1CN1CCCCC1.c1ccc2ccccc2c1. The van der Waals surface area contributed by atoms with Crippen molar-refractivity contribution < 1.29 is 17.9 Å². The number of rotatable bonds is 5. The molecule has 1 N–H and O–H groups in total. The Bertz CT molecular complexity index is 1050. The molecule has 3 aliphatic heterocycles. The normalized spacial score (nSPS) is 22.6. The summed E-state index contributed by atoms with van der Waals surface area (Å²) in [5.74, 6) is -0.0942. The highest BCUT2D eigenvalue weighted by Gasteiger charge is 2.31. The van der Waals surface area contributed by atoms with Gasteiger partial charge in [-0.1, -0.05) is 61.4 Å². The first kappa shape index (κ1) is 26.8. The maximum atomic E-state index is 12.7. The molecule has 5 rings (SSSR count). The fourth-order valence-electron chi connectivity index (χ4n) is 5.46. The lowest BCUT2D eigenvalue weighted by Gasteiger charge is -2.33. The molecule has 3 saturated heterocycles. The van der Waals surface area contributed by atoms with E-state index in [9.17, 15) is 13.2 Å². The smallest absolute Gasteiger partial charge is 0.249 e. The number of hydrogen-bond donors (Lipinski definition) is 1. The molecule has 0 spiro atoms. The molecule has 0 saturated carbocycles. The molecule has 1 amide bonds. The van der Waals surface area contributed by atoms with Crippen molar-refractivity contribution >= 4 is 32.0 Å². The van der Waals surface area contributed by atoms with Crippen LogP contribution in [0.4, 0.5) is 0 Å². The van der Waals surface area contributed by atoms with Crippen LogP contribution >= 0.6 is 0 Å². The number of ether oxygens (including phenoxy) is 1. The molecule has 7 nitrogen and oxygen atoms in total. The van der Waals surface area contributed by atoms with Crippen molar-refractivity contribution in [3.05, 3.63) is 48.5 Å². The van der Waals surface area contributed by atoms with Crippen LogP contribution in [0.2, 0.25) is 0 Å². The second-order valence-electron chi connectivity index (χ2n) is 9.94. The Balaban J connectivity index is 0.000000251. The van der Waals surface area contributed by atoms with Crippen LogP contribution < -0.4 is 5.32 Å². The summed E-state index contributed by atoms with van der Waals surface area (Å²) in [5.41, 5.74) is 0. The number of piperidine rings is 2. The number of fused-ring (bicyclic) bond motifs is 1. The van der Waals surface area contributed by atoms with Crippen molar-refractivity contribution in [1.29, 1.82) is 0 Å². The third-order valence-corrected chi connectivity index (χ3v) is 8.10. The van der Waals surface area contributed by atoms with E-state index in [1.807, 2.05) is 4.90 Å².